The third-order valence-corrected chi connectivity index (χ3v) is 4.58. The molecule has 0 bridgehead atoms. The fourth-order valence-electron chi connectivity index (χ4n) is 3.40. The first kappa shape index (κ1) is 18.2. The van der Waals surface area contributed by atoms with Crippen LogP contribution in [-0.2, 0) is 26.1 Å². The second-order valence-corrected chi connectivity index (χ2v) is 7.24. The number of nitrogens with zero attached hydrogens (tertiary/aromatic N) is 4. The molecule has 0 saturated heterocycles. The minimum Gasteiger partial charge on any atom is -0.465 e. The SMILES string of the molecule is CCCc1ccc(CN2CCCn3nc([C@@H](O)CN(C)C)cc3C2)o1. The van der Waals surface area contributed by atoms with Crippen molar-refractivity contribution in [3.05, 3.63) is 41.1 Å². The highest BCUT2D eigenvalue weighted by atomic mass is 16.3. The maximum Gasteiger partial charge on any atom is 0.118 e. The molecule has 6 heteroatoms. The fraction of sp³-hybridized carbons (Fsp3) is 0.632. The molecule has 25 heavy (non-hydrogen) atoms. The normalized spacial score (nSPS) is 16.8. The number of likely N-dealkylation sites (N-methyl/N-ethyl adjacent to an activating group) is 1. The van der Waals surface area contributed by atoms with E-state index < -0.39 is 6.10 Å². The van der Waals surface area contributed by atoms with Gasteiger partial charge in [-0.15, -0.1) is 0 Å². The summed E-state index contributed by atoms with van der Waals surface area (Å²) in [5.41, 5.74) is 1.94. The molecule has 0 aromatic carbocycles. The summed E-state index contributed by atoms with van der Waals surface area (Å²) < 4.78 is 7.99. The van der Waals surface area contributed by atoms with Crippen LogP contribution < -0.4 is 0 Å². The predicted molar refractivity (Wildman–Crippen MR) is 97.2 cm³/mol. The zero-order valence-corrected chi connectivity index (χ0v) is 15.6. The predicted octanol–water partition coefficient (Wildman–Crippen LogP) is 2.43. The molecular formula is C19H30N4O2. The minimum absolute atomic E-state index is 0.537. The van der Waals surface area contributed by atoms with Crippen LogP contribution in [0.3, 0.4) is 0 Å². The molecule has 0 radical (unpaired) electrons. The van der Waals surface area contributed by atoms with Crippen molar-refractivity contribution in [2.45, 2.75) is 51.9 Å². The Labute approximate surface area is 150 Å². The first-order chi connectivity index (χ1) is 12.0. The van der Waals surface area contributed by atoms with Gasteiger partial charge in [0.15, 0.2) is 0 Å². The van der Waals surface area contributed by atoms with Crippen LogP contribution in [0.4, 0.5) is 0 Å². The first-order valence-electron chi connectivity index (χ1n) is 9.24. The number of hydrogen-bond acceptors (Lipinski definition) is 5. The summed E-state index contributed by atoms with van der Waals surface area (Å²) in [7, 11) is 3.92. The quantitative estimate of drug-likeness (QED) is 0.834. The van der Waals surface area contributed by atoms with E-state index in [2.05, 4.69) is 39.8 Å². The third-order valence-electron chi connectivity index (χ3n) is 4.58. The number of fused-ring (bicyclic) bond motifs is 1. The Morgan fingerprint density at radius 2 is 2.08 bits per heavy atom. The van der Waals surface area contributed by atoms with Crippen LogP contribution in [-0.4, -0.2) is 51.9 Å². The Balaban J connectivity index is 1.66. The Hall–Kier alpha value is -1.63. The van der Waals surface area contributed by atoms with Gasteiger partial charge in [0.1, 0.15) is 17.6 Å². The highest BCUT2D eigenvalue weighted by Gasteiger charge is 2.20. The lowest BCUT2D eigenvalue weighted by Gasteiger charge is -2.18. The van der Waals surface area contributed by atoms with E-state index in [9.17, 15) is 5.11 Å². The van der Waals surface area contributed by atoms with E-state index in [1.54, 1.807) is 0 Å². The summed E-state index contributed by atoms with van der Waals surface area (Å²) in [6.45, 7) is 6.35. The van der Waals surface area contributed by atoms with E-state index in [1.165, 1.54) is 5.69 Å². The highest BCUT2D eigenvalue weighted by Crippen LogP contribution is 2.20. The number of aliphatic hydroxyl groups excluding tert-OH is 1. The van der Waals surface area contributed by atoms with Gasteiger partial charge in [0.05, 0.1) is 17.9 Å². The minimum atomic E-state index is -0.537. The molecule has 138 valence electrons. The van der Waals surface area contributed by atoms with Crippen LogP contribution in [0.2, 0.25) is 0 Å². The molecule has 1 aliphatic rings. The van der Waals surface area contributed by atoms with Crippen molar-refractivity contribution in [1.29, 1.82) is 0 Å². The van der Waals surface area contributed by atoms with Gasteiger partial charge in [-0.1, -0.05) is 6.92 Å². The van der Waals surface area contributed by atoms with Gasteiger partial charge in [-0.05, 0) is 45.1 Å². The average molecular weight is 346 g/mol. The molecule has 1 atom stereocenters. The van der Waals surface area contributed by atoms with E-state index in [-0.39, 0.29) is 0 Å². The van der Waals surface area contributed by atoms with Crippen LogP contribution in [0.1, 0.15) is 48.8 Å². The molecule has 0 spiro atoms. The van der Waals surface area contributed by atoms with Crippen LogP contribution in [0, 0.1) is 0 Å². The lowest BCUT2D eigenvalue weighted by molar-refractivity contribution is 0.133. The molecule has 1 aliphatic heterocycles. The van der Waals surface area contributed by atoms with E-state index in [0.717, 1.165) is 62.7 Å². The van der Waals surface area contributed by atoms with Gasteiger partial charge in [-0.25, -0.2) is 0 Å². The molecule has 0 fully saturated rings. The second kappa shape index (κ2) is 8.17. The fourth-order valence-corrected chi connectivity index (χ4v) is 3.40. The van der Waals surface area contributed by atoms with Gasteiger partial charge in [0.2, 0.25) is 0 Å². The Bertz CT molecular complexity index is 677. The van der Waals surface area contributed by atoms with Crippen LogP contribution in [0.25, 0.3) is 0 Å². The lowest BCUT2D eigenvalue weighted by atomic mass is 10.2. The average Bonchev–Trinajstić information content (AvgIpc) is 3.10. The number of aryl methyl sites for hydroxylation is 2. The van der Waals surface area contributed by atoms with E-state index in [1.807, 2.05) is 19.0 Å². The molecular weight excluding hydrogens is 316 g/mol. The van der Waals surface area contributed by atoms with Gasteiger partial charge in [-0.3, -0.25) is 9.58 Å². The summed E-state index contributed by atoms with van der Waals surface area (Å²) in [6.07, 6.45) is 2.62. The molecule has 3 heterocycles. The van der Waals surface area contributed by atoms with Crippen molar-refractivity contribution in [1.82, 2.24) is 19.6 Å². The lowest BCUT2D eigenvalue weighted by Crippen LogP contribution is -2.22. The molecule has 3 rings (SSSR count). The summed E-state index contributed by atoms with van der Waals surface area (Å²) in [5, 5.41) is 14.9. The number of rotatable bonds is 7. The van der Waals surface area contributed by atoms with Crippen LogP contribution in [0.15, 0.2) is 22.6 Å². The van der Waals surface area contributed by atoms with Crippen molar-refractivity contribution >= 4 is 0 Å². The first-order valence-corrected chi connectivity index (χ1v) is 9.24. The Morgan fingerprint density at radius 3 is 2.84 bits per heavy atom. The zero-order valence-electron chi connectivity index (χ0n) is 15.6. The van der Waals surface area contributed by atoms with E-state index in [4.69, 9.17) is 4.42 Å². The molecule has 0 amide bonds. The van der Waals surface area contributed by atoms with Crippen molar-refractivity contribution in [2.75, 3.05) is 27.2 Å². The number of aromatic nitrogens is 2. The Morgan fingerprint density at radius 1 is 1.28 bits per heavy atom. The van der Waals surface area contributed by atoms with Crippen LogP contribution in [0.5, 0.6) is 0 Å². The highest BCUT2D eigenvalue weighted by molar-refractivity contribution is 5.14. The summed E-state index contributed by atoms with van der Waals surface area (Å²) in [6, 6.07) is 6.24. The van der Waals surface area contributed by atoms with Gasteiger partial charge >= 0.3 is 0 Å². The van der Waals surface area contributed by atoms with Crippen molar-refractivity contribution < 1.29 is 9.52 Å². The number of furan rings is 1. The molecule has 0 saturated carbocycles. The van der Waals surface area contributed by atoms with Crippen LogP contribution >= 0.6 is 0 Å². The summed E-state index contributed by atoms with van der Waals surface area (Å²) in [4.78, 5) is 4.38. The van der Waals surface area contributed by atoms with Crippen molar-refractivity contribution in [3.63, 3.8) is 0 Å². The monoisotopic (exact) mass is 346 g/mol. The summed E-state index contributed by atoms with van der Waals surface area (Å²) >= 11 is 0. The summed E-state index contributed by atoms with van der Waals surface area (Å²) in [5.74, 6) is 2.11. The number of aliphatic hydroxyl groups is 1. The molecule has 0 unspecified atom stereocenters. The smallest absolute Gasteiger partial charge is 0.118 e. The largest absolute Gasteiger partial charge is 0.465 e. The van der Waals surface area contributed by atoms with Crippen molar-refractivity contribution in [3.8, 4) is 0 Å². The van der Waals surface area contributed by atoms with Gasteiger partial charge in [0.25, 0.3) is 0 Å². The maximum atomic E-state index is 10.3. The molecule has 2 aromatic heterocycles. The van der Waals surface area contributed by atoms with Gasteiger partial charge in [-0.2, -0.15) is 5.10 Å². The molecule has 2 aromatic rings. The maximum absolute atomic E-state index is 10.3. The third kappa shape index (κ3) is 4.71. The Kier molecular flexibility index (Phi) is 5.93. The van der Waals surface area contributed by atoms with Gasteiger partial charge in [0, 0.05) is 32.6 Å². The van der Waals surface area contributed by atoms with E-state index >= 15 is 0 Å². The molecule has 1 N–H and O–H groups in total. The zero-order chi connectivity index (χ0) is 17.8. The topological polar surface area (TPSA) is 57.7 Å². The van der Waals surface area contributed by atoms with E-state index in [0.29, 0.717) is 6.54 Å². The molecule has 6 nitrogen and oxygen atoms in total. The van der Waals surface area contributed by atoms with Crippen molar-refractivity contribution in [2.24, 2.45) is 0 Å². The number of hydrogen-bond donors (Lipinski definition) is 1. The second-order valence-electron chi connectivity index (χ2n) is 7.24. The molecule has 0 aliphatic carbocycles. The standard InChI is InChI=1S/C19H30N4O2/c1-4-6-16-7-8-17(25-16)13-22-9-5-10-23-15(12-22)11-18(20-23)19(24)14-21(2)3/h7-8,11,19,24H,4-6,9-10,12-14H2,1-3H3/t19-/m0/s1. The van der Waals surface area contributed by atoms with Gasteiger partial charge < -0.3 is 14.4 Å².